The van der Waals surface area contributed by atoms with E-state index in [0.717, 1.165) is 26.2 Å². The fourth-order valence-corrected chi connectivity index (χ4v) is 2.90. The van der Waals surface area contributed by atoms with Gasteiger partial charge in [-0.25, -0.2) is 0 Å². The lowest BCUT2D eigenvalue weighted by Crippen LogP contribution is -2.26. The highest BCUT2D eigenvalue weighted by molar-refractivity contribution is 5.85. The predicted molar refractivity (Wildman–Crippen MR) is 119 cm³/mol. The molecule has 148 valence electrons. The molecule has 2 aromatic rings. The molecule has 7 heteroatoms. The molecule has 0 amide bonds. The molecule has 0 saturated carbocycles. The van der Waals surface area contributed by atoms with Gasteiger partial charge in [-0.1, -0.05) is 60.7 Å². The third-order valence-electron chi connectivity index (χ3n) is 4.29. The Bertz CT molecular complexity index is 609. The van der Waals surface area contributed by atoms with Gasteiger partial charge in [0.1, 0.15) is 0 Å². The van der Waals surface area contributed by atoms with Crippen molar-refractivity contribution in [1.29, 1.82) is 0 Å². The molecule has 2 aliphatic rings. The van der Waals surface area contributed by atoms with E-state index in [4.69, 9.17) is 0 Å². The van der Waals surface area contributed by atoms with Crippen molar-refractivity contribution in [2.45, 2.75) is 11.8 Å². The normalized spacial score (nSPS) is 19.4. The van der Waals surface area contributed by atoms with Gasteiger partial charge in [-0.2, -0.15) is 0 Å². The van der Waals surface area contributed by atoms with Crippen LogP contribution in [-0.2, 0) is 0 Å². The van der Waals surface area contributed by atoms with E-state index in [-0.39, 0.29) is 30.3 Å². The molecular formula is C20H28Cl2N4O. The first-order chi connectivity index (χ1) is 11.9. The Balaban J connectivity index is 0.000000451. The molecule has 2 heterocycles. The first-order valence-electron chi connectivity index (χ1n) is 8.47. The summed E-state index contributed by atoms with van der Waals surface area (Å²) in [5.74, 6) is 1.10. The standard InChI is InChI=1S/2C10H12N2.2ClH.H2O/c2*1-2-4-9(5-3-1)10-6-11-8-12-7-10;;;/h2*1-5,8,10H,6-7H2,(H,11,12);2*1H;1H2. The summed E-state index contributed by atoms with van der Waals surface area (Å²) < 4.78 is 0. The van der Waals surface area contributed by atoms with Crippen LogP contribution in [0.5, 0.6) is 0 Å². The molecule has 0 bridgehead atoms. The molecular weight excluding hydrogens is 383 g/mol. The summed E-state index contributed by atoms with van der Waals surface area (Å²) in [5.41, 5.74) is 2.75. The summed E-state index contributed by atoms with van der Waals surface area (Å²) in [6.45, 7) is 3.84. The van der Waals surface area contributed by atoms with Gasteiger partial charge in [0.15, 0.2) is 0 Å². The van der Waals surface area contributed by atoms with Crippen molar-refractivity contribution in [2.75, 3.05) is 26.2 Å². The molecule has 0 spiro atoms. The Morgan fingerprint density at radius 2 is 1.00 bits per heavy atom. The fraction of sp³-hybridized carbons (Fsp3) is 0.300. The van der Waals surface area contributed by atoms with E-state index < -0.39 is 0 Å². The van der Waals surface area contributed by atoms with Gasteiger partial charge < -0.3 is 16.1 Å². The summed E-state index contributed by atoms with van der Waals surface area (Å²) in [5, 5.41) is 6.28. The minimum absolute atomic E-state index is 0. The summed E-state index contributed by atoms with van der Waals surface area (Å²) in [6.07, 6.45) is 3.58. The largest absolute Gasteiger partial charge is 0.412 e. The van der Waals surface area contributed by atoms with Crippen LogP contribution in [0.2, 0.25) is 0 Å². The lowest BCUT2D eigenvalue weighted by Gasteiger charge is -2.18. The van der Waals surface area contributed by atoms with Crippen LogP contribution in [0.4, 0.5) is 0 Å². The van der Waals surface area contributed by atoms with Crippen LogP contribution < -0.4 is 10.6 Å². The summed E-state index contributed by atoms with van der Waals surface area (Å²) in [7, 11) is 0. The average molecular weight is 411 g/mol. The van der Waals surface area contributed by atoms with Crippen molar-refractivity contribution < 1.29 is 5.48 Å². The Hall–Kier alpha value is -2.08. The van der Waals surface area contributed by atoms with E-state index >= 15 is 0 Å². The van der Waals surface area contributed by atoms with Crippen LogP contribution in [-0.4, -0.2) is 44.3 Å². The second-order valence-electron chi connectivity index (χ2n) is 6.02. The van der Waals surface area contributed by atoms with Crippen LogP contribution in [0, 0.1) is 0 Å². The lowest BCUT2D eigenvalue weighted by atomic mass is 9.99. The van der Waals surface area contributed by atoms with Gasteiger partial charge in [-0.3, -0.25) is 9.98 Å². The molecule has 2 aliphatic heterocycles. The monoisotopic (exact) mass is 410 g/mol. The van der Waals surface area contributed by atoms with Gasteiger partial charge in [-0.05, 0) is 11.1 Å². The van der Waals surface area contributed by atoms with E-state index in [9.17, 15) is 0 Å². The number of rotatable bonds is 2. The Morgan fingerprint density at radius 3 is 1.30 bits per heavy atom. The van der Waals surface area contributed by atoms with Gasteiger partial charge in [-0.15, -0.1) is 24.8 Å². The Kier molecular flexibility index (Phi) is 13.0. The Morgan fingerprint density at radius 1 is 0.630 bits per heavy atom. The number of nitrogens with one attached hydrogen (secondary N) is 2. The zero-order chi connectivity index (χ0) is 16.5. The van der Waals surface area contributed by atoms with E-state index in [0.29, 0.717) is 11.8 Å². The van der Waals surface area contributed by atoms with E-state index in [1.54, 1.807) is 12.7 Å². The lowest BCUT2D eigenvalue weighted by molar-refractivity contribution is 0.648. The molecule has 2 aromatic carbocycles. The number of aliphatic imine (C=N–C) groups is 2. The summed E-state index contributed by atoms with van der Waals surface area (Å²) in [6, 6.07) is 21.0. The molecule has 5 nitrogen and oxygen atoms in total. The minimum Gasteiger partial charge on any atom is -0.412 e. The molecule has 2 atom stereocenters. The first-order valence-corrected chi connectivity index (χ1v) is 8.47. The number of benzene rings is 2. The third-order valence-corrected chi connectivity index (χ3v) is 4.29. The van der Waals surface area contributed by atoms with Crippen molar-refractivity contribution >= 4 is 37.5 Å². The van der Waals surface area contributed by atoms with Crippen LogP contribution >= 0.6 is 24.8 Å². The predicted octanol–water partition coefficient (Wildman–Crippen LogP) is 2.82. The van der Waals surface area contributed by atoms with Crippen molar-refractivity contribution in [1.82, 2.24) is 10.6 Å². The van der Waals surface area contributed by atoms with Gasteiger partial charge in [0, 0.05) is 38.0 Å². The van der Waals surface area contributed by atoms with Crippen LogP contribution in [0.1, 0.15) is 23.0 Å². The highest BCUT2D eigenvalue weighted by atomic mass is 35.5. The van der Waals surface area contributed by atoms with Gasteiger partial charge in [0.25, 0.3) is 0 Å². The molecule has 0 radical (unpaired) electrons. The van der Waals surface area contributed by atoms with Gasteiger partial charge in [0.2, 0.25) is 0 Å². The smallest absolute Gasteiger partial charge is 0.0824 e. The van der Waals surface area contributed by atoms with Crippen molar-refractivity contribution in [3.8, 4) is 0 Å². The zero-order valence-electron chi connectivity index (χ0n) is 15.1. The third kappa shape index (κ3) is 7.99. The van der Waals surface area contributed by atoms with Crippen LogP contribution in [0.3, 0.4) is 0 Å². The van der Waals surface area contributed by atoms with Gasteiger partial charge in [0.05, 0.1) is 12.7 Å². The second-order valence-corrected chi connectivity index (χ2v) is 6.02. The van der Waals surface area contributed by atoms with E-state index in [1.807, 2.05) is 12.1 Å². The summed E-state index contributed by atoms with van der Waals surface area (Å²) in [4.78, 5) is 8.40. The molecule has 4 rings (SSSR count). The topological polar surface area (TPSA) is 80.3 Å². The van der Waals surface area contributed by atoms with Crippen molar-refractivity contribution in [2.24, 2.45) is 9.98 Å². The number of hydrogen-bond acceptors (Lipinski definition) is 4. The minimum atomic E-state index is 0. The zero-order valence-corrected chi connectivity index (χ0v) is 16.8. The highest BCUT2D eigenvalue weighted by Gasteiger charge is 2.12. The molecule has 0 aliphatic carbocycles. The van der Waals surface area contributed by atoms with Crippen molar-refractivity contribution in [3.05, 3.63) is 71.8 Å². The molecule has 27 heavy (non-hydrogen) atoms. The fourth-order valence-electron chi connectivity index (χ4n) is 2.90. The average Bonchev–Trinajstić information content (AvgIpc) is 2.71. The maximum Gasteiger partial charge on any atom is 0.0824 e. The number of nitrogens with zero attached hydrogens (tertiary/aromatic N) is 2. The molecule has 2 unspecified atom stereocenters. The maximum atomic E-state index is 4.20. The van der Waals surface area contributed by atoms with E-state index in [2.05, 4.69) is 69.1 Å². The van der Waals surface area contributed by atoms with Crippen LogP contribution in [0.15, 0.2) is 70.6 Å². The van der Waals surface area contributed by atoms with Crippen molar-refractivity contribution in [3.63, 3.8) is 0 Å². The second kappa shape index (κ2) is 14.0. The number of halogens is 2. The molecule has 0 aromatic heterocycles. The SMILES string of the molecule is C1=NCC(c2ccccc2)CN1.C1=NCC(c2ccccc2)CN1.Cl.Cl.O. The molecule has 0 saturated heterocycles. The maximum absolute atomic E-state index is 4.20. The molecule has 0 fully saturated rings. The van der Waals surface area contributed by atoms with Crippen LogP contribution in [0.25, 0.3) is 0 Å². The Labute approximate surface area is 173 Å². The van der Waals surface area contributed by atoms with Gasteiger partial charge >= 0.3 is 0 Å². The first kappa shape index (κ1) is 24.9. The van der Waals surface area contributed by atoms with E-state index in [1.165, 1.54) is 11.1 Å². The summed E-state index contributed by atoms with van der Waals surface area (Å²) >= 11 is 0. The quantitative estimate of drug-likeness (QED) is 0.797. The molecule has 4 N–H and O–H groups in total. The highest BCUT2D eigenvalue weighted by Crippen LogP contribution is 2.16. The number of hydrogen-bond donors (Lipinski definition) is 2.